The van der Waals surface area contributed by atoms with Crippen molar-refractivity contribution >= 4 is 27.0 Å². The lowest BCUT2D eigenvalue weighted by atomic mass is 10.1. The Labute approximate surface area is 369 Å². The van der Waals surface area contributed by atoms with Crippen LogP contribution in [0.2, 0.25) is 0 Å². The summed E-state index contributed by atoms with van der Waals surface area (Å²) in [5.74, 6) is 1.69. The number of ether oxygens (including phenoxy) is 4. The fourth-order valence-corrected chi connectivity index (χ4v) is 9.17. The average Bonchev–Trinajstić information content (AvgIpc) is 3.26. The monoisotopic (exact) mass is 876 g/mol. The molecule has 0 saturated heterocycles. The Bertz CT molecular complexity index is 2290. The van der Waals surface area contributed by atoms with Crippen LogP contribution in [0.1, 0.15) is 83.2 Å². The van der Waals surface area contributed by atoms with Crippen molar-refractivity contribution in [2.45, 2.75) is 111 Å². The molecule has 0 amide bonds. The van der Waals surface area contributed by atoms with E-state index < -0.39 is 32.6 Å². The van der Waals surface area contributed by atoms with E-state index in [1.807, 2.05) is 106 Å². The van der Waals surface area contributed by atoms with Gasteiger partial charge in [0, 0.05) is 24.5 Å². The first-order valence-corrected chi connectivity index (χ1v) is 23.5. The summed E-state index contributed by atoms with van der Waals surface area (Å²) in [5.41, 5.74) is 1.81. The third-order valence-electron chi connectivity index (χ3n) is 9.19. The molecule has 10 nitrogen and oxygen atoms in total. The maximum Gasteiger partial charge on any atom is 0.344 e. The fraction of sp³-hybridized carbons (Fsp3) is 0.300. The minimum absolute atomic E-state index is 0.0569. The molecule has 0 aliphatic rings. The second kappa shape index (κ2) is 24.1. The Kier molecular flexibility index (Phi) is 18.4. The molecule has 0 N–H and O–H groups in total. The fourth-order valence-electron chi connectivity index (χ4n) is 6.31. The van der Waals surface area contributed by atoms with E-state index >= 15 is 0 Å². The van der Waals surface area contributed by atoms with Gasteiger partial charge in [-0.3, -0.25) is 9.97 Å². The van der Waals surface area contributed by atoms with Crippen molar-refractivity contribution in [2.24, 2.45) is 0 Å². The Balaban J connectivity index is 0.000000338. The molecule has 4 aromatic carbocycles. The van der Waals surface area contributed by atoms with Crippen LogP contribution in [0.3, 0.4) is 0 Å². The van der Waals surface area contributed by atoms with Crippen molar-refractivity contribution in [1.82, 2.24) is 9.97 Å². The van der Waals surface area contributed by atoms with Crippen molar-refractivity contribution in [2.75, 3.05) is 6.61 Å². The van der Waals surface area contributed by atoms with Gasteiger partial charge in [0.25, 0.3) is 0 Å². The van der Waals surface area contributed by atoms with E-state index in [1.165, 1.54) is 31.7 Å². The van der Waals surface area contributed by atoms with Crippen LogP contribution in [-0.2, 0) is 50.2 Å². The van der Waals surface area contributed by atoms with E-state index in [1.54, 1.807) is 30.6 Å². The summed E-state index contributed by atoms with van der Waals surface area (Å²) in [6, 6.07) is 42.1. The molecule has 6 aromatic rings. The lowest BCUT2D eigenvalue weighted by Crippen LogP contribution is -2.27. The summed E-state index contributed by atoms with van der Waals surface area (Å²) in [6.07, 6.45) is 11.1. The number of aryl methyl sites for hydroxylation is 1. The molecule has 326 valence electrons. The van der Waals surface area contributed by atoms with Gasteiger partial charge in [0.2, 0.25) is 0 Å². The first kappa shape index (κ1) is 47.4. The molecule has 0 atom stereocenters. The van der Waals surface area contributed by atoms with Gasteiger partial charge in [-0.15, -0.1) is 0 Å². The molecule has 0 bridgehead atoms. The first-order valence-electron chi connectivity index (χ1n) is 20.9. The average molecular weight is 877 g/mol. The molecule has 6 rings (SSSR count). The van der Waals surface area contributed by atoms with Crippen LogP contribution >= 0.6 is 0 Å². The van der Waals surface area contributed by atoms with Crippen molar-refractivity contribution < 1.29 is 36.7 Å². The van der Waals surface area contributed by atoms with E-state index in [2.05, 4.69) is 41.2 Å². The molecule has 2 aromatic heterocycles. The number of hydrogen-bond acceptors (Lipinski definition) is 10. The number of pyridine rings is 2. The quantitative estimate of drug-likeness (QED) is 0.0315. The largest absolute Gasteiger partial charge is 0.744 e. The van der Waals surface area contributed by atoms with Gasteiger partial charge in [-0.25, -0.2) is 13.2 Å². The lowest BCUT2D eigenvalue weighted by Gasteiger charge is -2.19. The van der Waals surface area contributed by atoms with E-state index in [0.29, 0.717) is 30.9 Å². The highest BCUT2D eigenvalue weighted by Crippen LogP contribution is 2.35. The van der Waals surface area contributed by atoms with Gasteiger partial charge in [0.05, 0.1) is 27.2 Å². The number of benzene rings is 4. The molecule has 12 heteroatoms. The third-order valence-corrected chi connectivity index (χ3v) is 12.3. The summed E-state index contributed by atoms with van der Waals surface area (Å²) in [5, 5.41) is 0. The van der Waals surface area contributed by atoms with Gasteiger partial charge in [-0.1, -0.05) is 81.5 Å². The molecule has 0 fully saturated rings. The number of carbonyl (C=O) groups excluding carboxylic acids is 1. The highest BCUT2D eigenvalue weighted by atomic mass is 32.2. The number of esters is 1. The summed E-state index contributed by atoms with van der Waals surface area (Å²) in [4.78, 5) is 24.0. The van der Waals surface area contributed by atoms with Crippen LogP contribution in [-0.4, -0.2) is 41.1 Å². The maximum absolute atomic E-state index is 12.2. The number of aromatic nitrogens is 2. The van der Waals surface area contributed by atoms with Gasteiger partial charge in [0.1, 0.15) is 46.2 Å². The van der Waals surface area contributed by atoms with Gasteiger partial charge >= 0.3 is 5.97 Å². The zero-order chi connectivity index (χ0) is 44.2. The second-order valence-electron chi connectivity index (χ2n) is 15.4. The third kappa shape index (κ3) is 16.3. The number of unbranched alkanes of at least 4 members (excludes halogenated alkanes) is 5. The summed E-state index contributed by atoms with van der Waals surface area (Å²) >= 11 is 0. The van der Waals surface area contributed by atoms with Crippen LogP contribution in [0.15, 0.2) is 165 Å². The SMILES string of the molecule is CC(C)(C)OC(=O)COc1ccc([S+](c2cccc(OCc3ccccn3)c2)c2cccc(OCc3ccccn3)c2)cc1.CCCCCCCCc1ccccc1S(=O)(=O)[O-]. The minimum Gasteiger partial charge on any atom is -0.744 e. The van der Waals surface area contributed by atoms with Crippen molar-refractivity contribution in [1.29, 1.82) is 0 Å². The van der Waals surface area contributed by atoms with Crippen molar-refractivity contribution in [3.8, 4) is 17.2 Å². The molecule has 62 heavy (non-hydrogen) atoms. The van der Waals surface area contributed by atoms with E-state index in [4.69, 9.17) is 18.9 Å². The van der Waals surface area contributed by atoms with Gasteiger partial charge in [-0.2, -0.15) is 0 Å². The highest BCUT2D eigenvalue weighted by Gasteiger charge is 2.30. The number of nitrogens with zero attached hydrogens (tertiary/aromatic N) is 2. The minimum atomic E-state index is -4.33. The summed E-state index contributed by atoms with van der Waals surface area (Å²) in [6.45, 7) is 8.26. The van der Waals surface area contributed by atoms with Crippen molar-refractivity contribution in [3.05, 3.63) is 163 Å². The molecule has 0 unspecified atom stereocenters. The zero-order valence-corrected chi connectivity index (χ0v) is 37.5. The van der Waals surface area contributed by atoms with E-state index in [-0.39, 0.29) is 11.5 Å². The molecule has 0 spiro atoms. The molecular weight excluding hydrogens is 821 g/mol. The second-order valence-corrected chi connectivity index (χ2v) is 18.8. The number of rotatable bonds is 20. The molecule has 0 radical (unpaired) electrons. The molecule has 2 heterocycles. The molecular formula is C50H56N2O8S2. The molecule has 0 saturated carbocycles. The topological polar surface area (TPSA) is 137 Å². The van der Waals surface area contributed by atoms with Gasteiger partial charge in [0.15, 0.2) is 21.3 Å². The van der Waals surface area contributed by atoms with Crippen LogP contribution in [0.5, 0.6) is 17.2 Å². The summed E-state index contributed by atoms with van der Waals surface area (Å²) < 4.78 is 56.5. The maximum atomic E-state index is 12.2. The van der Waals surface area contributed by atoms with Crippen LogP contribution < -0.4 is 14.2 Å². The predicted octanol–water partition coefficient (Wildman–Crippen LogP) is 10.9. The van der Waals surface area contributed by atoms with Crippen LogP contribution in [0, 0.1) is 0 Å². The van der Waals surface area contributed by atoms with E-state index in [9.17, 15) is 17.8 Å². The normalized spacial score (nSPS) is 11.3. The predicted molar refractivity (Wildman–Crippen MR) is 241 cm³/mol. The van der Waals surface area contributed by atoms with Gasteiger partial charge in [-0.05, 0) is 118 Å². The molecule has 0 aliphatic heterocycles. The number of carbonyl (C=O) groups is 1. The standard InChI is InChI=1S/C36H35N2O5S.C14H22O3S/c1-36(2,3)43-35(39)26-42-29-16-18-32(19-17-29)44(33-14-8-12-30(22-33)40-24-27-10-4-6-20-37-27)34-15-9-13-31(23-34)41-25-28-11-5-7-21-38-28;1-2-3-4-5-6-7-10-13-11-8-9-12-14(13)18(15,16)17/h4-23H,24-26H2,1-3H3;8-9,11-12H,2-7,10H2,1H3,(H,15,16,17)/q+1;/p-1. The number of hydrogen-bond donors (Lipinski definition) is 0. The Hall–Kier alpha value is -5.69. The van der Waals surface area contributed by atoms with Gasteiger partial charge < -0.3 is 23.5 Å². The zero-order valence-electron chi connectivity index (χ0n) is 35.9. The Morgan fingerprint density at radius 1 is 0.613 bits per heavy atom. The van der Waals surface area contributed by atoms with E-state index in [0.717, 1.165) is 50.4 Å². The van der Waals surface area contributed by atoms with Crippen molar-refractivity contribution in [3.63, 3.8) is 0 Å². The molecule has 0 aliphatic carbocycles. The Morgan fingerprint density at radius 2 is 1.16 bits per heavy atom. The summed E-state index contributed by atoms with van der Waals surface area (Å²) in [7, 11) is -4.84. The highest BCUT2D eigenvalue weighted by molar-refractivity contribution is 7.97. The lowest BCUT2D eigenvalue weighted by molar-refractivity contribution is -0.157. The smallest absolute Gasteiger partial charge is 0.344 e. The first-order chi connectivity index (χ1) is 29.9. The van der Waals surface area contributed by atoms with Crippen LogP contribution in [0.25, 0.3) is 0 Å². The van der Waals surface area contributed by atoms with Crippen LogP contribution in [0.4, 0.5) is 0 Å². The Morgan fingerprint density at radius 3 is 1.69 bits per heavy atom.